The average molecular weight is 261 g/mol. The van der Waals surface area contributed by atoms with Gasteiger partial charge >= 0.3 is 10.3 Å². The van der Waals surface area contributed by atoms with E-state index in [1.165, 1.54) is 0 Å². The van der Waals surface area contributed by atoms with Crippen LogP contribution in [0.4, 0.5) is 0 Å². The summed E-state index contributed by atoms with van der Waals surface area (Å²) >= 11 is 5.82. The van der Waals surface area contributed by atoms with Crippen molar-refractivity contribution in [3.8, 4) is 0 Å². The third kappa shape index (κ3) is 2.73. The van der Waals surface area contributed by atoms with Gasteiger partial charge in [-0.25, -0.2) is 5.14 Å². The number of halogens is 1. The van der Waals surface area contributed by atoms with Gasteiger partial charge in [-0.2, -0.15) is 8.42 Å². The van der Waals surface area contributed by atoms with Crippen molar-refractivity contribution >= 4 is 32.8 Å². The van der Waals surface area contributed by atoms with Crippen molar-refractivity contribution in [2.45, 2.75) is 6.61 Å². The van der Waals surface area contributed by atoms with Crippen molar-refractivity contribution in [1.29, 1.82) is 0 Å². The van der Waals surface area contributed by atoms with Gasteiger partial charge < -0.3 is 4.98 Å². The number of H-pyrrole nitrogens is 1. The Morgan fingerprint density at radius 3 is 2.81 bits per heavy atom. The van der Waals surface area contributed by atoms with Crippen LogP contribution in [0.1, 0.15) is 5.69 Å². The molecular weight excluding hydrogens is 252 g/mol. The van der Waals surface area contributed by atoms with Gasteiger partial charge in [0.05, 0.1) is 0 Å². The molecule has 0 fully saturated rings. The smallest absolute Gasteiger partial charge is 0.333 e. The van der Waals surface area contributed by atoms with Gasteiger partial charge in [0, 0.05) is 21.6 Å². The highest BCUT2D eigenvalue weighted by atomic mass is 35.5. The minimum atomic E-state index is -3.91. The number of aromatic nitrogens is 1. The number of rotatable bonds is 3. The van der Waals surface area contributed by atoms with E-state index >= 15 is 0 Å². The monoisotopic (exact) mass is 260 g/mol. The second-order valence-corrected chi connectivity index (χ2v) is 4.94. The maximum atomic E-state index is 10.6. The van der Waals surface area contributed by atoms with E-state index in [2.05, 4.69) is 9.17 Å². The van der Waals surface area contributed by atoms with Crippen LogP contribution in [0.2, 0.25) is 5.02 Å². The molecule has 0 bridgehead atoms. The molecule has 0 amide bonds. The van der Waals surface area contributed by atoms with Gasteiger partial charge in [0.1, 0.15) is 6.61 Å². The van der Waals surface area contributed by atoms with Gasteiger partial charge in [0.15, 0.2) is 0 Å². The van der Waals surface area contributed by atoms with Crippen LogP contribution in [0.3, 0.4) is 0 Å². The second kappa shape index (κ2) is 4.06. The zero-order valence-corrected chi connectivity index (χ0v) is 9.68. The first-order valence-corrected chi connectivity index (χ1v) is 6.23. The Bertz CT molecular complexity index is 621. The fourth-order valence-electron chi connectivity index (χ4n) is 1.39. The number of benzene rings is 1. The first-order chi connectivity index (χ1) is 7.44. The highest BCUT2D eigenvalue weighted by Crippen LogP contribution is 2.20. The zero-order chi connectivity index (χ0) is 11.8. The Morgan fingerprint density at radius 1 is 1.38 bits per heavy atom. The Hall–Kier alpha value is -1.08. The van der Waals surface area contributed by atoms with Crippen LogP contribution < -0.4 is 5.14 Å². The molecule has 1 heterocycles. The zero-order valence-electron chi connectivity index (χ0n) is 8.10. The number of fused-ring (bicyclic) bond motifs is 1. The molecule has 0 saturated heterocycles. The summed E-state index contributed by atoms with van der Waals surface area (Å²) in [5.41, 5.74) is 1.48. The summed E-state index contributed by atoms with van der Waals surface area (Å²) in [7, 11) is -3.91. The second-order valence-electron chi connectivity index (χ2n) is 3.28. The fraction of sp³-hybridized carbons (Fsp3) is 0.111. The van der Waals surface area contributed by atoms with Crippen molar-refractivity contribution in [2.75, 3.05) is 0 Å². The van der Waals surface area contributed by atoms with Gasteiger partial charge in [-0.1, -0.05) is 11.6 Å². The van der Waals surface area contributed by atoms with Crippen molar-refractivity contribution in [3.63, 3.8) is 0 Å². The molecule has 16 heavy (non-hydrogen) atoms. The number of nitrogens with one attached hydrogen (secondary N) is 1. The summed E-state index contributed by atoms with van der Waals surface area (Å²) in [6.45, 7) is -0.120. The average Bonchev–Trinajstić information content (AvgIpc) is 2.55. The third-order valence-electron chi connectivity index (χ3n) is 2.02. The summed E-state index contributed by atoms with van der Waals surface area (Å²) in [5, 5.41) is 6.22. The highest BCUT2D eigenvalue weighted by Gasteiger charge is 2.06. The van der Waals surface area contributed by atoms with Crippen LogP contribution >= 0.6 is 11.6 Å². The topological polar surface area (TPSA) is 85.2 Å². The summed E-state index contributed by atoms with van der Waals surface area (Å²) < 4.78 is 25.6. The molecule has 86 valence electrons. The molecule has 7 heteroatoms. The van der Waals surface area contributed by atoms with Gasteiger partial charge in [0.25, 0.3) is 0 Å². The van der Waals surface area contributed by atoms with E-state index < -0.39 is 10.3 Å². The van der Waals surface area contributed by atoms with Crippen LogP contribution in [-0.4, -0.2) is 13.4 Å². The van der Waals surface area contributed by atoms with E-state index in [1.807, 2.05) is 0 Å². The Kier molecular flexibility index (Phi) is 2.90. The molecule has 0 unspecified atom stereocenters. The predicted octanol–water partition coefficient (Wildman–Crippen LogP) is 1.54. The van der Waals surface area contributed by atoms with Gasteiger partial charge in [0.2, 0.25) is 0 Å². The summed E-state index contributed by atoms with van der Waals surface area (Å²) in [6, 6.07) is 7.07. The lowest BCUT2D eigenvalue weighted by molar-refractivity contribution is 0.305. The number of nitrogens with two attached hydrogens (primary N) is 1. The van der Waals surface area contributed by atoms with Crippen LogP contribution in [-0.2, 0) is 21.1 Å². The van der Waals surface area contributed by atoms with Gasteiger partial charge in [-0.05, 0) is 24.3 Å². The van der Waals surface area contributed by atoms with Crippen LogP contribution in [0.15, 0.2) is 24.3 Å². The molecule has 0 atom stereocenters. The lowest BCUT2D eigenvalue weighted by Gasteiger charge is -1.96. The SMILES string of the molecule is NS(=O)(=O)OCc1cc2cc(Cl)ccc2[nH]1. The van der Waals surface area contributed by atoms with Gasteiger partial charge in [-0.3, -0.25) is 4.18 Å². The van der Waals surface area contributed by atoms with E-state index in [0.717, 1.165) is 10.9 Å². The van der Waals surface area contributed by atoms with E-state index in [-0.39, 0.29) is 6.61 Å². The summed E-state index contributed by atoms with van der Waals surface area (Å²) in [5.74, 6) is 0. The summed E-state index contributed by atoms with van der Waals surface area (Å²) in [4.78, 5) is 2.99. The Labute approximate surface area is 97.4 Å². The number of hydrogen-bond acceptors (Lipinski definition) is 3. The molecule has 1 aromatic carbocycles. The van der Waals surface area contributed by atoms with Gasteiger partial charge in [-0.15, -0.1) is 0 Å². The van der Waals surface area contributed by atoms with E-state index in [4.69, 9.17) is 16.7 Å². The van der Waals surface area contributed by atoms with Crippen LogP contribution in [0, 0.1) is 0 Å². The quantitative estimate of drug-likeness (QED) is 0.878. The van der Waals surface area contributed by atoms with Crippen molar-refractivity contribution in [3.05, 3.63) is 35.0 Å². The fourth-order valence-corrected chi connectivity index (χ4v) is 1.86. The molecular formula is C9H9ClN2O3S. The molecule has 0 spiro atoms. The molecule has 2 rings (SSSR count). The highest BCUT2D eigenvalue weighted by molar-refractivity contribution is 7.84. The maximum Gasteiger partial charge on any atom is 0.333 e. The molecule has 0 aliphatic heterocycles. The van der Waals surface area contributed by atoms with Crippen LogP contribution in [0.25, 0.3) is 10.9 Å². The van der Waals surface area contributed by atoms with E-state index in [1.54, 1.807) is 24.3 Å². The third-order valence-corrected chi connectivity index (χ3v) is 2.70. The normalized spacial score (nSPS) is 12.1. The maximum absolute atomic E-state index is 10.6. The van der Waals surface area contributed by atoms with Crippen LogP contribution in [0.5, 0.6) is 0 Å². The molecule has 0 aliphatic rings. The van der Waals surface area contributed by atoms with Crippen molar-refractivity contribution < 1.29 is 12.6 Å². The first kappa shape index (κ1) is 11.4. The molecule has 0 aliphatic carbocycles. The Morgan fingerprint density at radius 2 is 2.12 bits per heavy atom. The molecule has 3 N–H and O–H groups in total. The molecule has 1 aromatic heterocycles. The minimum Gasteiger partial charge on any atom is -0.356 e. The largest absolute Gasteiger partial charge is 0.356 e. The predicted molar refractivity (Wildman–Crippen MR) is 61.2 cm³/mol. The lowest BCUT2D eigenvalue weighted by Crippen LogP contribution is -2.15. The lowest BCUT2D eigenvalue weighted by atomic mass is 10.2. The minimum absolute atomic E-state index is 0.120. The molecule has 0 saturated carbocycles. The summed E-state index contributed by atoms with van der Waals surface area (Å²) in [6.07, 6.45) is 0. The number of hydrogen-bond donors (Lipinski definition) is 2. The first-order valence-electron chi connectivity index (χ1n) is 4.38. The number of aromatic amines is 1. The van der Waals surface area contributed by atoms with E-state index in [9.17, 15) is 8.42 Å². The Balaban J connectivity index is 2.26. The van der Waals surface area contributed by atoms with E-state index in [0.29, 0.717) is 10.7 Å². The van der Waals surface area contributed by atoms with Crippen molar-refractivity contribution in [2.24, 2.45) is 5.14 Å². The standard InChI is InChI=1S/C9H9ClN2O3S/c10-7-1-2-9-6(3-7)4-8(12-9)5-15-16(11,13)14/h1-4,12H,5H2,(H2,11,13,14). The molecule has 5 nitrogen and oxygen atoms in total. The molecule has 0 radical (unpaired) electrons. The molecule has 2 aromatic rings. The van der Waals surface area contributed by atoms with Crippen molar-refractivity contribution in [1.82, 2.24) is 4.98 Å².